The fraction of sp³-hybridized carbons (Fsp3) is 0.333. The molecule has 0 fully saturated rings. The Morgan fingerprint density at radius 3 is 2.80 bits per heavy atom. The second kappa shape index (κ2) is 4.05. The molecule has 1 heterocycles. The fourth-order valence-corrected chi connectivity index (χ4v) is 3.28. The third kappa shape index (κ3) is 2.36. The van der Waals surface area contributed by atoms with E-state index in [0.29, 0.717) is 19.5 Å². The zero-order valence-corrected chi connectivity index (χ0v) is 10.9. The highest BCUT2D eigenvalue weighted by Crippen LogP contribution is 2.28. The molecule has 0 aliphatic carbocycles. The minimum absolute atomic E-state index is 0.362. The molecule has 0 aromatic heterocycles. The summed E-state index contributed by atoms with van der Waals surface area (Å²) in [4.78, 5) is 0. The maximum atomic E-state index is 11.2. The van der Waals surface area contributed by atoms with E-state index < -0.39 is 9.24 Å². The summed E-state index contributed by atoms with van der Waals surface area (Å²) in [5.74, 6) is 0. The van der Waals surface area contributed by atoms with E-state index in [4.69, 9.17) is 10.7 Å². The summed E-state index contributed by atoms with van der Waals surface area (Å²) in [6.45, 7) is 0.808. The minimum Gasteiger partial charge on any atom is -0.195 e. The number of hydrogen-bond donors (Lipinski definition) is 0. The molecule has 82 valence electrons. The van der Waals surface area contributed by atoms with E-state index in [9.17, 15) is 8.42 Å². The lowest BCUT2D eigenvalue weighted by molar-refractivity contribution is 0.400. The molecule has 6 heteroatoms. The second-order valence-electron chi connectivity index (χ2n) is 3.40. The maximum absolute atomic E-state index is 11.2. The van der Waals surface area contributed by atoms with Crippen LogP contribution >= 0.6 is 26.6 Å². The monoisotopic (exact) mass is 309 g/mol. The number of nitrogens with zero attached hydrogens (tertiary/aromatic N) is 1. The van der Waals surface area contributed by atoms with Gasteiger partial charge < -0.3 is 0 Å². The van der Waals surface area contributed by atoms with Crippen LogP contribution in [0.2, 0.25) is 0 Å². The molecule has 15 heavy (non-hydrogen) atoms. The number of halogens is 2. The first-order valence-electron chi connectivity index (χ1n) is 4.44. The molecule has 0 unspecified atom stereocenters. The highest BCUT2D eigenvalue weighted by molar-refractivity contribution is 9.10. The van der Waals surface area contributed by atoms with Gasteiger partial charge in [-0.1, -0.05) is 28.1 Å². The molecule has 0 N–H and O–H groups in total. The van der Waals surface area contributed by atoms with Crippen molar-refractivity contribution >= 4 is 35.8 Å². The fourth-order valence-electron chi connectivity index (χ4n) is 1.72. The van der Waals surface area contributed by atoms with Gasteiger partial charge in [0.05, 0.1) is 0 Å². The number of hydrogen-bond acceptors (Lipinski definition) is 2. The summed E-state index contributed by atoms with van der Waals surface area (Å²) in [6, 6.07) is 5.78. The summed E-state index contributed by atoms with van der Waals surface area (Å²) in [5.41, 5.74) is 2.19. The molecule has 1 aliphatic heterocycles. The summed E-state index contributed by atoms with van der Waals surface area (Å²) in [5, 5.41) is 0. The summed E-state index contributed by atoms with van der Waals surface area (Å²) in [7, 11) is 1.71. The van der Waals surface area contributed by atoms with E-state index in [0.717, 1.165) is 10.0 Å². The van der Waals surface area contributed by atoms with Crippen molar-refractivity contribution in [3.05, 3.63) is 33.8 Å². The Balaban J connectivity index is 2.36. The minimum atomic E-state index is -3.59. The Kier molecular flexibility index (Phi) is 3.07. The lowest BCUT2D eigenvalue weighted by atomic mass is 10.0. The topological polar surface area (TPSA) is 37.4 Å². The predicted octanol–water partition coefficient (Wildman–Crippen LogP) is 2.29. The highest BCUT2D eigenvalue weighted by Gasteiger charge is 2.25. The van der Waals surface area contributed by atoms with Crippen molar-refractivity contribution in [3.63, 3.8) is 0 Å². The molecule has 0 spiro atoms. The summed E-state index contributed by atoms with van der Waals surface area (Å²) in [6.07, 6.45) is 0.697. The van der Waals surface area contributed by atoms with Crippen LogP contribution in [0.1, 0.15) is 11.1 Å². The van der Waals surface area contributed by atoms with E-state index >= 15 is 0 Å². The Morgan fingerprint density at radius 2 is 2.13 bits per heavy atom. The van der Waals surface area contributed by atoms with E-state index in [1.165, 1.54) is 9.87 Å². The molecule has 0 atom stereocenters. The van der Waals surface area contributed by atoms with Crippen LogP contribution < -0.4 is 0 Å². The van der Waals surface area contributed by atoms with Crippen LogP contribution in [-0.2, 0) is 22.2 Å². The first-order chi connectivity index (χ1) is 6.98. The average molecular weight is 311 g/mol. The van der Waals surface area contributed by atoms with Gasteiger partial charge in [0.2, 0.25) is 0 Å². The van der Waals surface area contributed by atoms with Gasteiger partial charge in [0.1, 0.15) is 0 Å². The van der Waals surface area contributed by atoms with E-state index in [1.807, 2.05) is 18.2 Å². The van der Waals surface area contributed by atoms with Crippen molar-refractivity contribution in [3.8, 4) is 0 Å². The predicted molar refractivity (Wildman–Crippen MR) is 63.0 cm³/mol. The van der Waals surface area contributed by atoms with Crippen molar-refractivity contribution in [2.24, 2.45) is 0 Å². The van der Waals surface area contributed by atoms with Gasteiger partial charge >= 0.3 is 0 Å². The molecule has 0 saturated heterocycles. The smallest absolute Gasteiger partial charge is 0.195 e. The van der Waals surface area contributed by atoms with Gasteiger partial charge in [0.15, 0.2) is 0 Å². The number of fused-ring (bicyclic) bond motifs is 1. The van der Waals surface area contributed by atoms with Crippen LogP contribution in [0.3, 0.4) is 0 Å². The Bertz CT molecular complexity index is 489. The SMILES string of the molecule is O=S(=O)(Cl)N1CCc2c(Br)cccc2C1. The normalized spacial score (nSPS) is 17.5. The average Bonchev–Trinajstić information content (AvgIpc) is 2.16. The summed E-state index contributed by atoms with van der Waals surface area (Å²) >= 11 is 3.45. The lowest BCUT2D eigenvalue weighted by Crippen LogP contribution is -2.33. The van der Waals surface area contributed by atoms with Crippen molar-refractivity contribution in [2.45, 2.75) is 13.0 Å². The van der Waals surface area contributed by atoms with Crippen LogP contribution in [-0.4, -0.2) is 19.3 Å². The number of benzene rings is 1. The largest absolute Gasteiger partial charge is 0.300 e. The molecule has 3 nitrogen and oxygen atoms in total. The van der Waals surface area contributed by atoms with Gasteiger partial charge in [-0.15, -0.1) is 0 Å². The second-order valence-corrected chi connectivity index (χ2v) is 6.77. The van der Waals surface area contributed by atoms with Crippen molar-refractivity contribution in [1.82, 2.24) is 4.31 Å². The van der Waals surface area contributed by atoms with Crippen LogP contribution in [0, 0.1) is 0 Å². The molecule has 0 saturated carbocycles. The third-order valence-corrected chi connectivity index (χ3v) is 4.74. The van der Waals surface area contributed by atoms with Gasteiger partial charge in [-0.2, -0.15) is 12.7 Å². The quantitative estimate of drug-likeness (QED) is 0.746. The molecule has 1 aliphatic rings. The Morgan fingerprint density at radius 1 is 1.40 bits per heavy atom. The van der Waals surface area contributed by atoms with Crippen molar-refractivity contribution in [2.75, 3.05) is 6.54 Å². The molecule has 0 amide bonds. The standard InChI is InChI=1S/C9H9BrClNO2S/c10-9-3-1-2-7-6-12(15(11,13)14)5-4-8(7)9/h1-3H,4-6H2. The Labute approximate surface area is 102 Å². The molecular formula is C9H9BrClNO2S. The van der Waals surface area contributed by atoms with Gasteiger partial charge in [-0.05, 0) is 23.6 Å². The zero-order chi connectivity index (χ0) is 11.1. The first-order valence-corrected chi connectivity index (χ1v) is 7.50. The van der Waals surface area contributed by atoms with Crippen molar-refractivity contribution < 1.29 is 8.42 Å². The van der Waals surface area contributed by atoms with E-state index in [2.05, 4.69) is 15.9 Å². The van der Waals surface area contributed by atoms with Crippen LogP contribution in [0.25, 0.3) is 0 Å². The van der Waals surface area contributed by atoms with Gasteiger partial charge in [0.25, 0.3) is 9.24 Å². The molecule has 0 bridgehead atoms. The van der Waals surface area contributed by atoms with Crippen molar-refractivity contribution in [1.29, 1.82) is 0 Å². The first kappa shape index (κ1) is 11.4. The van der Waals surface area contributed by atoms with Gasteiger partial charge in [-0.25, -0.2) is 0 Å². The molecule has 0 radical (unpaired) electrons. The number of rotatable bonds is 1. The van der Waals surface area contributed by atoms with Crippen LogP contribution in [0.4, 0.5) is 0 Å². The molecular weight excluding hydrogens is 302 g/mol. The lowest BCUT2D eigenvalue weighted by Gasteiger charge is -2.26. The van der Waals surface area contributed by atoms with E-state index in [1.54, 1.807) is 0 Å². The van der Waals surface area contributed by atoms with E-state index in [-0.39, 0.29) is 0 Å². The summed E-state index contributed by atoms with van der Waals surface area (Å²) < 4.78 is 24.6. The molecule has 2 rings (SSSR count). The highest BCUT2D eigenvalue weighted by atomic mass is 79.9. The molecule has 1 aromatic carbocycles. The van der Waals surface area contributed by atoms with Crippen LogP contribution in [0.15, 0.2) is 22.7 Å². The third-order valence-electron chi connectivity index (χ3n) is 2.48. The van der Waals surface area contributed by atoms with Gasteiger partial charge in [0, 0.05) is 28.2 Å². The maximum Gasteiger partial charge on any atom is 0.300 e. The van der Waals surface area contributed by atoms with Gasteiger partial charge in [-0.3, -0.25) is 0 Å². The molecule has 1 aromatic rings. The Hall–Kier alpha value is -0.100. The van der Waals surface area contributed by atoms with Crippen LogP contribution in [0.5, 0.6) is 0 Å². The zero-order valence-electron chi connectivity index (χ0n) is 7.78.